The number of halogens is 2. The maximum Gasteiger partial charge on any atom is 0.239 e. The van der Waals surface area contributed by atoms with Crippen LogP contribution in [0.2, 0.25) is 5.02 Å². The average molecular weight is 268 g/mol. The second-order valence-corrected chi connectivity index (χ2v) is 4.02. The van der Waals surface area contributed by atoms with Crippen LogP contribution in [0.15, 0.2) is 24.3 Å². The van der Waals surface area contributed by atoms with Crippen LogP contribution in [0.1, 0.15) is 5.69 Å². The van der Waals surface area contributed by atoms with Gasteiger partial charge in [-0.25, -0.2) is 15.2 Å². The van der Waals surface area contributed by atoms with Gasteiger partial charge in [0.1, 0.15) is 11.6 Å². The predicted octanol–water partition coefficient (Wildman–Crippen LogP) is 2.61. The second-order valence-electron chi connectivity index (χ2n) is 3.61. The monoisotopic (exact) mass is 267 g/mol. The number of benzene rings is 1. The number of nitrogens with one attached hydrogen (secondary N) is 2. The van der Waals surface area contributed by atoms with Crippen LogP contribution in [0, 0.1) is 12.7 Å². The Labute approximate surface area is 108 Å². The number of anilines is 3. The molecular formula is C11H11ClFN5. The van der Waals surface area contributed by atoms with Gasteiger partial charge in [-0.05, 0) is 25.1 Å². The molecule has 18 heavy (non-hydrogen) atoms. The van der Waals surface area contributed by atoms with Gasteiger partial charge in [0.05, 0.1) is 10.7 Å². The van der Waals surface area contributed by atoms with E-state index in [9.17, 15) is 4.39 Å². The number of nitrogens with zero attached hydrogens (tertiary/aromatic N) is 2. The molecule has 2 aromatic rings. The molecule has 1 heterocycles. The summed E-state index contributed by atoms with van der Waals surface area (Å²) in [6.45, 7) is 1.81. The molecule has 0 spiro atoms. The first kappa shape index (κ1) is 12.5. The Morgan fingerprint density at radius 2 is 2.06 bits per heavy atom. The van der Waals surface area contributed by atoms with Crippen LogP contribution in [-0.2, 0) is 0 Å². The summed E-state index contributed by atoms with van der Waals surface area (Å²) in [5.74, 6) is 5.66. The summed E-state index contributed by atoms with van der Waals surface area (Å²) in [6, 6.07) is 5.79. The highest BCUT2D eigenvalue weighted by atomic mass is 35.5. The highest BCUT2D eigenvalue weighted by Gasteiger charge is 2.05. The van der Waals surface area contributed by atoms with Crippen LogP contribution in [-0.4, -0.2) is 9.97 Å². The highest BCUT2D eigenvalue weighted by Crippen LogP contribution is 2.25. The Bertz CT molecular complexity index is 575. The Hall–Kier alpha value is -1.92. The maximum atomic E-state index is 12.9. The van der Waals surface area contributed by atoms with Gasteiger partial charge in [0.2, 0.25) is 5.95 Å². The van der Waals surface area contributed by atoms with Crippen LogP contribution < -0.4 is 16.6 Å². The maximum absolute atomic E-state index is 12.9. The third-order valence-corrected chi connectivity index (χ3v) is 2.49. The van der Waals surface area contributed by atoms with Crippen molar-refractivity contribution < 1.29 is 4.39 Å². The third kappa shape index (κ3) is 2.85. The van der Waals surface area contributed by atoms with Gasteiger partial charge in [-0.1, -0.05) is 11.6 Å². The number of nitrogens with two attached hydrogens (primary N) is 1. The summed E-state index contributed by atoms with van der Waals surface area (Å²) in [5, 5.41) is 3.24. The number of hydrazine groups is 1. The number of hydrogen-bond acceptors (Lipinski definition) is 5. The van der Waals surface area contributed by atoms with Crippen molar-refractivity contribution in [3.8, 4) is 0 Å². The van der Waals surface area contributed by atoms with Crippen molar-refractivity contribution in [2.45, 2.75) is 6.92 Å². The van der Waals surface area contributed by atoms with Crippen molar-refractivity contribution in [3.05, 3.63) is 40.8 Å². The van der Waals surface area contributed by atoms with E-state index in [1.807, 2.05) is 0 Å². The van der Waals surface area contributed by atoms with Gasteiger partial charge in [0.15, 0.2) is 0 Å². The van der Waals surface area contributed by atoms with E-state index in [4.69, 9.17) is 17.4 Å². The summed E-state index contributed by atoms with van der Waals surface area (Å²) >= 11 is 5.91. The zero-order chi connectivity index (χ0) is 13.1. The molecule has 0 fully saturated rings. The number of aryl methyl sites for hydroxylation is 1. The first-order valence-electron chi connectivity index (χ1n) is 5.13. The van der Waals surface area contributed by atoms with Crippen LogP contribution in [0.25, 0.3) is 0 Å². The summed E-state index contributed by atoms with van der Waals surface area (Å²) < 4.78 is 12.9. The molecule has 0 aliphatic carbocycles. The van der Waals surface area contributed by atoms with E-state index < -0.39 is 5.82 Å². The molecule has 0 radical (unpaired) electrons. The van der Waals surface area contributed by atoms with Crippen molar-refractivity contribution in [1.82, 2.24) is 9.97 Å². The molecule has 0 unspecified atom stereocenters. The van der Waals surface area contributed by atoms with Crippen LogP contribution in [0.5, 0.6) is 0 Å². The molecule has 0 amide bonds. The fourth-order valence-corrected chi connectivity index (χ4v) is 1.64. The van der Waals surface area contributed by atoms with Crippen LogP contribution >= 0.6 is 11.6 Å². The van der Waals surface area contributed by atoms with Gasteiger partial charge in [0.25, 0.3) is 0 Å². The van der Waals surface area contributed by atoms with Gasteiger partial charge >= 0.3 is 0 Å². The lowest BCUT2D eigenvalue weighted by Crippen LogP contribution is -2.11. The quantitative estimate of drug-likeness (QED) is 0.589. The predicted molar refractivity (Wildman–Crippen MR) is 69.3 cm³/mol. The molecule has 7 heteroatoms. The van der Waals surface area contributed by atoms with Gasteiger partial charge < -0.3 is 5.32 Å². The molecule has 1 aromatic heterocycles. The minimum absolute atomic E-state index is 0.272. The summed E-state index contributed by atoms with van der Waals surface area (Å²) in [5.41, 5.74) is 3.65. The molecule has 0 saturated carbocycles. The minimum atomic E-state index is -0.395. The van der Waals surface area contributed by atoms with E-state index in [2.05, 4.69) is 20.7 Å². The molecule has 0 bridgehead atoms. The number of aromatic nitrogens is 2. The fourth-order valence-electron chi connectivity index (χ4n) is 1.43. The number of hydrogen-bond donors (Lipinski definition) is 3. The largest absolute Gasteiger partial charge is 0.339 e. The Kier molecular flexibility index (Phi) is 3.59. The Morgan fingerprint density at radius 3 is 2.72 bits per heavy atom. The SMILES string of the molecule is Cc1cc(Nc2ccc(F)cc2Cl)nc(NN)n1. The fraction of sp³-hybridized carbons (Fsp3) is 0.0909. The lowest BCUT2D eigenvalue weighted by Gasteiger charge is -2.09. The minimum Gasteiger partial charge on any atom is -0.339 e. The van der Waals surface area contributed by atoms with E-state index in [1.54, 1.807) is 13.0 Å². The third-order valence-electron chi connectivity index (χ3n) is 2.18. The van der Waals surface area contributed by atoms with Crippen molar-refractivity contribution in [1.29, 1.82) is 0 Å². The van der Waals surface area contributed by atoms with E-state index in [-0.39, 0.29) is 11.0 Å². The van der Waals surface area contributed by atoms with Crippen molar-refractivity contribution in [2.75, 3.05) is 10.7 Å². The zero-order valence-corrected chi connectivity index (χ0v) is 10.3. The van der Waals surface area contributed by atoms with Gasteiger partial charge in [-0.3, -0.25) is 5.43 Å². The molecule has 5 nitrogen and oxygen atoms in total. The Morgan fingerprint density at radius 1 is 1.28 bits per heavy atom. The average Bonchev–Trinajstić information content (AvgIpc) is 2.32. The summed E-state index contributed by atoms with van der Waals surface area (Å²) in [7, 11) is 0. The summed E-state index contributed by atoms with van der Waals surface area (Å²) in [4.78, 5) is 8.15. The van der Waals surface area contributed by atoms with Gasteiger partial charge in [0, 0.05) is 11.8 Å². The topological polar surface area (TPSA) is 75.9 Å². The molecule has 0 aliphatic heterocycles. The number of rotatable bonds is 3. The van der Waals surface area contributed by atoms with E-state index in [0.29, 0.717) is 11.5 Å². The number of nitrogen functional groups attached to an aromatic ring is 1. The highest BCUT2D eigenvalue weighted by molar-refractivity contribution is 6.33. The standard InChI is InChI=1S/C11H11ClFN5/c1-6-4-10(17-11(15-6)18-14)16-9-3-2-7(13)5-8(9)12/h2-5H,14H2,1H3,(H2,15,16,17,18). The first-order chi connectivity index (χ1) is 8.58. The van der Waals surface area contributed by atoms with Crippen molar-refractivity contribution in [2.24, 2.45) is 5.84 Å². The summed E-state index contributed by atoms with van der Waals surface area (Å²) in [6.07, 6.45) is 0. The van der Waals surface area contributed by atoms with Gasteiger partial charge in [-0.2, -0.15) is 4.98 Å². The normalized spacial score (nSPS) is 10.2. The zero-order valence-electron chi connectivity index (χ0n) is 9.54. The first-order valence-corrected chi connectivity index (χ1v) is 5.50. The van der Waals surface area contributed by atoms with Crippen LogP contribution in [0.4, 0.5) is 21.8 Å². The Balaban J connectivity index is 2.30. The van der Waals surface area contributed by atoms with E-state index in [0.717, 1.165) is 5.69 Å². The molecule has 0 aliphatic rings. The van der Waals surface area contributed by atoms with Crippen LogP contribution in [0.3, 0.4) is 0 Å². The lowest BCUT2D eigenvalue weighted by molar-refractivity contribution is 0.628. The molecule has 94 valence electrons. The van der Waals surface area contributed by atoms with E-state index in [1.165, 1.54) is 18.2 Å². The van der Waals surface area contributed by atoms with Gasteiger partial charge in [-0.15, -0.1) is 0 Å². The second kappa shape index (κ2) is 5.16. The molecule has 0 atom stereocenters. The molecule has 1 aromatic carbocycles. The van der Waals surface area contributed by atoms with Crippen molar-refractivity contribution in [3.63, 3.8) is 0 Å². The molecule has 2 rings (SSSR count). The molecule has 0 saturated heterocycles. The molecular weight excluding hydrogens is 257 g/mol. The van der Waals surface area contributed by atoms with E-state index >= 15 is 0 Å². The van der Waals surface area contributed by atoms with Crippen molar-refractivity contribution >= 4 is 29.1 Å². The smallest absolute Gasteiger partial charge is 0.239 e. The lowest BCUT2D eigenvalue weighted by atomic mass is 10.3. The molecule has 4 N–H and O–H groups in total.